The normalized spacial score (nSPS) is 10.8. The Morgan fingerprint density at radius 2 is 1.87 bits per heavy atom. The van der Waals surface area contributed by atoms with Crippen LogP contribution in [0, 0.1) is 14.9 Å². The molecule has 0 aromatic heterocycles. The molecular formula is C24H18BrIN2O3. The van der Waals surface area contributed by atoms with Gasteiger partial charge in [0, 0.05) is 4.47 Å². The van der Waals surface area contributed by atoms with Crippen molar-refractivity contribution in [2.45, 2.75) is 6.61 Å². The van der Waals surface area contributed by atoms with Crippen LogP contribution in [0.5, 0.6) is 11.5 Å². The molecule has 0 aliphatic carbocycles. The second kappa shape index (κ2) is 11.0. The average molecular weight is 589 g/mol. The van der Waals surface area contributed by atoms with Crippen molar-refractivity contribution in [1.29, 1.82) is 5.26 Å². The van der Waals surface area contributed by atoms with Crippen molar-refractivity contribution in [3.8, 4) is 17.6 Å². The highest BCUT2D eigenvalue weighted by molar-refractivity contribution is 14.1. The molecule has 3 aromatic rings. The van der Waals surface area contributed by atoms with Gasteiger partial charge in [-0.25, -0.2) is 0 Å². The van der Waals surface area contributed by atoms with E-state index in [1.165, 1.54) is 6.08 Å². The number of para-hydroxylation sites is 1. The van der Waals surface area contributed by atoms with Crippen molar-refractivity contribution in [3.63, 3.8) is 0 Å². The van der Waals surface area contributed by atoms with Gasteiger partial charge in [0.25, 0.3) is 5.91 Å². The van der Waals surface area contributed by atoms with E-state index in [-0.39, 0.29) is 5.57 Å². The largest absolute Gasteiger partial charge is 0.493 e. The van der Waals surface area contributed by atoms with Gasteiger partial charge >= 0.3 is 0 Å². The fourth-order valence-electron chi connectivity index (χ4n) is 2.76. The Kier molecular flexibility index (Phi) is 8.09. The number of methoxy groups -OCH3 is 1. The zero-order valence-electron chi connectivity index (χ0n) is 16.6. The Morgan fingerprint density at radius 3 is 2.55 bits per heavy atom. The molecule has 0 atom stereocenters. The van der Waals surface area contributed by atoms with E-state index >= 15 is 0 Å². The molecule has 31 heavy (non-hydrogen) atoms. The van der Waals surface area contributed by atoms with Gasteiger partial charge in [-0.05, 0) is 80.0 Å². The van der Waals surface area contributed by atoms with E-state index in [4.69, 9.17) is 9.47 Å². The van der Waals surface area contributed by atoms with Crippen molar-refractivity contribution >= 4 is 56.2 Å². The van der Waals surface area contributed by atoms with E-state index in [1.54, 1.807) is 25.3 Å². The highest BCUT2D eigenvalue weighted by Gasteiger charge is 2.15. The molecule has 7 heteroatoms. The van der Waals surface area contributed by atoms with Crippen molar-refractivity contribution in [3.05, 3.63) is 91.5 Å². The number of rotatable bonds is 7. The number of halogens is 2. The van der Waals surface area contributed by atoms with Crippen LogP contribution >= 0.6 is 38.5 Å². The highest BCUT2D eigenvalue weighted by atomic mass is 127. The lowest BCUT2D eigenvalue weighted by molar-refractivity contribution is -0.112. The Balaban J connectivity index is 1.83. The van der Waals surface area contributed by atoms with E-state index in [0.29, 0.717) is 29.4 Å². The van der Waals surface area contributed by atoms with Gasteiger partial charge in [0.05, 0.1) is 16.4 Å². The maximum atomic E-state index is 12.6. The summed E-state index contributed by atoms with van der Waals surface area (Å²) in [4.78, 5) is 12.6. The number of nitrogens with zero attached hydrogens (tertiary/aromatic N) is 1. The topological polar surface area (TPSA) is 71.3 Å². The summed E-state index contributed by atoms with van der Waals surface area (Å²) >= 11 is 5.53. The SMILES string of the molecule is COc1cc(/C=C(\C#N)C(=O)Nc2ccccc2Br)cc(I)c1OCc1ccccc1. The fraction of sp³-hybridized carbons (Fsp3) is 0.0833. The molecule has 0 saturated heterocycles. The fourth-order valence-corrected chi connectivity index (χ4v) is 3.93. The molecule has 156 valence electrons. The number of ether oxygens (including phenoxy) is 2. The molecule has 1 N–H and O–H groups in total. The first-order valence-electron chi connectivity index (χ1n) is 9.23. The molecular weight excluding hydrogens is 571 g/mol. The first-order chi connectivity index (χ1) is 15.0. The number of hydrogen-bond donors (Lipinski definition) is 1. The molecule has 0 spiro atoms. The van der Waals surface area contributed by atoms with E-state index < -0.39 is 5.91 Å². The number of amides is 1. The lowest BCUT2D eigenvalue weighted by atomic mass is 10.1. The molecule has 3 rings (SSSR count). The number of nitriles is 1. The van der Waals surface area contributed by atoms with Crippen LogP contribution in [0.15, 0.2) is 76.8 Å². The Bertz CT molecular complexity index is 1160. The van der Waals surface area contributed by atoms with Crippen molar-refractivity contribution < 1.29 is 14.3 Å². The standard InChI is InChI=1S/C24H18BrIN2O3/c1-30-22-13-17(12-20(26)23(22)31-15-16-7-3-2-4-8-16)11-18(14-27)24(29)28-21-10-6-5-9-19(21)25/h2-13H,15H2,1H3,(H,28,29)/b18-11+. The van der Waals surface area contributed by atoms with E-state index in [0.717, 1.165) is 13.6 Å². The number of benzene rings is 3. The summed E-state index contributed by atoms with van der Waals surface area (Å²) in [5, 5.41) is 12.3. The lowest BCUT2D eigenvalue weighted by Crippen LogP contribution is -2.13. The van der Waals surface area contributed by atoms with Gasteiger partial charge in [-0.2, -0.15) is 5.26 Å². The van der Waals surface area contributed by atoms with Gasteiger partial charge in [0.15, 0.2) is 11.5 Å². The molecule has 0 heterocycles. The first-order valence-corrected chi connectivity index (χ1v) is 11.1. The minimum absolute atomic E-state index is 0.0217. The predicted molar refractivity (Wildman–Crippen MR) is 133 cm³/mol. The van der Waals surface area contributed by atoms with Crippen LogP contribution < -0.4 is 14.8 Å². The van der Waals surface area contributed by atoms with Crippen LogP contribution in [0.4, 0.5) is 5.69 Å². The third-order valence-corrected chi connectivity index (χ3v) is 5.77. The molecule has 5 nitrogen and oxygen atoms in total. The minimum Gasteiger partial charge on any atom is -0.493 e. The smallest absolute Gasteiger partial charge is 0.266 e. The summed E-state index contributed by atoms with van der Waals surface area (Å²) in [6.45, 7) is 0.403. The molecule has 0 aliphatic heterocycles. The Hall–Kier alpha value is -2.83. The number of carbonyl (C=O) groups excluding carboxylic acids is 1. The molecule has 0 radical (unpaired) electrons. The monoisotopic (exact) mass is 588 g/mol. The molecule has 0 bridgehead atoms. The third kappa shape index (κ3) is 6.09. The van der Waals surface area contributed by atoms with Crippen LogP contribution in [0.1, 0.15) is 11.1 Å². The molecule has 0 aliphatic rings. The predicted octanol–water partition coefficient (Wildman–Crippen LogP) is 6.19. The maximum Gasteiger partial charge on any atom is 0.266 e. The van der Waals surface area contributed by atoms with Gasteiger partial charge in [-0.3, -0.25) is 4.79 Å². The zero-order valence-corrected chi connectivity index (χ0v) is 20.3. The average Bonchev–Trinajstić information content (AvgIpc) is 2.78. The summed E-state index contributed by atoms with van der Waals surface area (Å²) in [6.07, 6.45) is 1.53. The van der Waals surface area contributed by atoms with Crippen LogP contribution in [0.2, 0.25) is 0 Å². The van der Waals surface area contributed by atoms with Crippen LogP contribution in [-0.4, -0.2) is 13.0 Å². The van der Waals surface area contributed by atoms with Gasteiger partial charge in [-0.15, -0.1) is 0 Å². The number of carbonyl (C=O) groups is 1. The summed E-state index contributed by atoms with van der Waals surface area (Å²) < 4.78 is 13.0. The quantitative estimate of drug-likeness (QED) is 0.203. The van der Waals surface area contributed by atoms with Gasteiger partial charge < -0.3 is 14.8 Å². The van der Waals surface area contributed by atoms with Crippen molar-refractivity contribution in [1.82, 2.24) is 0 Å². The van der Waals surface area contributed by atoms with Gasteiger partial charge in [0.2, 0.25) is 0 Å². The molecule has 0 fully saturated rings. The van der Waals surface area contributed by atoms with Crippen molar-refractivity contribution in [2.75, 3.05) is 12.4 Å². The van der Waals surface area contributed by atoms with E-state index in [1.807, 2.05) is 54.6 Å². The Labute approximate surface area is 203 Å². The lowest BCUT2D eigenvalue weighted by Gasteiger charge is -2.14. The first kappa shape index (κ1) is 22.8. The number of anilines is 1. The number of nitrogens with one attached hydrogen (secondary N) is 1. The molecule has 1 amide bonds. The second-order valence-corrected chi connectivity index (χ2v) is 8.43. The second-order valence-electron chi connectivity index (χ2n) is 6.41. The number of hydrogen-bond acceptors (Lipinski definition) is 4. The third-order valence-electron chi connectivity index (χ3n) is 4.28. The summed E-state index contributed by atoms with van der Waals surface area (Å²) in [6, 6.07) is 22.6. The van der Waals surface area contributed by atoms with Crippen LogP contribution in [0.25, 0.3) is 6.08 Å². The maximum absolute atomic E-state index is 12.6. The summed E-state index contributed by atoms with van der Waals surface area (Å²) in [5.74, 6) is 0.644. The van der Waals surface area contributed by atoms with E-state index in [9.17, 15) is 10.1 Å². The summed E-state index contributed by atoms with van der Waals surface area (Å²) in [7, 11) is 1.55. The molecule has 0 saturated carbocycles. The molecule has 3 aromatic carbocycles. The van der Waals surface area contributed by atoms with Gasteiger partial charge in [-0.1, -0.05) is 42.5 Å². The van der Waals surface area contributed by atoms with Crippen molar-refractivity contribution in [2.24, 2.45) is 0 Å². The van der Waals surface area contributed by atoms with Crippen LogP contribution in [-0.2, 0) is 11.4 Å². The van der Waals surface area contributed by atoms with E-state index in [2.05, 4.69) is 43.8 Å². The Morgan fingerprint density at radius 1 is 1.16 bits per heavy atom. The van der Waals surface area contributed by atoms with Crippen LogP contribution in [0.3, 0.4) is 0 Å². The zero-order chi connectivity index (χ0) is 22.2. The minimum atomic E-state index is -0.493. The molecule has 0 unspecified atom stereocenters. The highest BCUT2D eigenvalue weighted by Crippen LogP contribution is 2.35. The summed E-state index contributed by atoms with van der Waals surface area (Å²) in [5.41, 5.74) is 2.27. The van der Waals surface area contributed by atoms with Gasteiger partial charge in [0.1, 0.15) is 18.2 Å².